The molecule has 13 rings (SSSR count). The van der Waals surface area contributed by atoms with Crippen molar-refractivity contribution in [3.63, 3.8) is 0 Å². The first kappa shape index (κ1) is 38.0. The molecule has 0 fully saturated rings. The first-order chi connectivity index (χ1) is 32.7. The zero-order valence-electron chi connectivity index (χ0n) is 36.2. The number of rotatable bonds is 7. The number of nitrogens with zero attached hydrogens (tertiary/aromatic N) is 1. The van der Waals surface area contributed by atoms with Gasteiger partial charge in [-0.15, -0.1) is 0 Å². The zero-order chi connectivity index (χ0) is 43.6. The van der Waals surface area contributed by atoms with Crippen LogP contribution in [0, 0.1) is 5.92 Å². The number of anilines is 3. The SMILES string of the molecule is C1=CC2=c3ccccc3=C(c3ccc(N(c4ccc(-c5ccc6oc7ccccc7c6c5)cc4)c4cc(-c5cc6ccccc6c6ccccc56)ccc4-c4ccccc4)cc3)CC2C=C1. The van der Waals surface area contributed by atoms with Gasteiger partial charge in [0.05, 0.1) is 5.69 Å². The third-order valence-corrected chi connectivity index (χ3v) is 13.8. The van der Waals surface area contributed by atoms with Gasteiger partial charge in [-0.2, -0.15) is 0 Å². The number of hydrogen-bond acceptors (Lipinski definition) is 2. The summed E-state index contributed by atoms with van der Waals surface area (Å²) in [6, 6.07) is 79.9. The van der Waals surface area contributed by atoms with E-state index in [4.69, 9.17) is 4.42 Å². The number of para-hydroxylation sites is 1. The Morgan fingerprint density at radius 2 is 1.03 bits per heavy atom. The maximum atomic E-state index is 6.20. The molecular weight excluding hydrogens is 799 g/mol. The van der Waals surface area contributed by atoms with E-state index in [2.05, 4.69) is 235 Å². The van der Waals surface area contributed by atoms with Gasteiger partial charge in [-0.25, -0.2) is 0 Å². The van der Waals surface area contributed by atoms with Crippen molar-refractivity contribution < 1.29 is 4.42 Å². The highest BCUT2D eigenvalue weighted by atomic mass is 16.3. The number of allylic oxidation sites excluding steroid dienone is 4. The van der Waals surface area contributed by atoms with Crippen molar-refractivity contribution in [1.29, 1.82) is 0 Å². The Morgan fingerprint density at radius 3 is 1.85 bits per heavy atom. The number of fused-ring (bicyclic) bond motifs is 8. The summed E-state index contributed by atoms with van der Waals surface area (Å²) in [5, 5.41) is 9.92. The minimum absolute atomic E-state index is 0.366. The summed E-state index contributed by atoms with van der Waals surface area (Å²) in [4.78, 5) is 2.45. The van der Waals surface area contributed by atoms with Crippen LogP contribution in [0.15, 0.2) is 247 Å². The number of hydrogen-bond donors (Lipinski definition) is 0. The molecule has 1 heterocycles. The van der Waals surface area contributed by atoms with Crippen molar-refractivity contribution in [3.05, 3.63) is 259 Å². The minimum atomic E-state index is 0.366. The molecule has 11 aromatic rings. The van der Waals surface area contributed by atoms with Gasteiger partial charge in [0.25, 0.3) is 0 Å². The highest BCUT2D eigenvalue weighted by Gasteiger charge is 2.23. The summed E-state index contributed by atoms with van der Waals surface area (Å²) >= 11 is 0. The van der Waals surface area contributed by atoms with E-state index in [9.17, 15) is 0 Å². The summed E-state index contributed by atoms with van der Waals surface area (Å²) in [6.07, 6.45) is 9.99. The maximum absolute atomic E-state index is 6.20. The zero-order valence-corrected chi connectivity index (χ0v) is 36.2. The van der Waals surface area contributed by atoms with Crippen LogP contribution in [-0.2, 0) is 0 Å². The third-order valence-electron chi connectivity index (χ3n) is 13.8. The molecule has 0 bridgehead atoms. The second-order valence-electron chi connectivity index (χ2n) is 17.6. The molecule has 1 aromatic heterocycles. The molecule has 0 saturated heterocycles. The van der Waals surface area contributed by atoms with Crippen LogP contribution in [0.25, 0.3) is 88.0 Å². The molecule has 2 aliphatic rings. The largest absolute Gasteiger partial charge is 0.456 e. The van der Waals surface area contributed by atoms with Crippen molar-refractivity contribution in [2.24, 2.45) is 5.92 Å². The predicted octanol–water partition coefficient (Wildman–Crippen LogP) is 15.9. The standard InChI is InChI=1S/C64H43NO/c1-2-14-43(15-3-1)53-36-30-48(60-40-47-17-5-7-19-52(47)55-21-9-11-23-57(55)60)41-62(53)65(49-32-26-42(27-33-49)45-31-37-64-61(38-45)58-24-12-13-25-63(58)66-64)50-34-28-44(29-35-50)59-39-46-16-4-6-18-51(46)54-20-8-10-22-56(54)59/h1-38,40-41,46H,39H2. The molecule has 310 valence electrons. The van der Waals surface area contributed by atoms with Crippen LogP contribution in [0.2, 0.25) is 0 Å². The Labute approximate surface area is 383 Å². The molecule has 2 heteroatoms. The van der Waals surface area contributed by atoms with Gasteiger partial charge >= 0.3 is 0 Å². The van der Waals surface area contributed by atoms with E-state index in [-0.39, 0.29) is 0 Å². The molecule has 0 aliphatic heterocycles. The fraction of sp³-hybridized carbons (Fsp3) is 0.0312. The van der Waals surface area contributed by atoms with E-state index in [1.165, 1.54) is 59.8 Å². The van der Waals surface area contributed by atoms with Gasteiger partial charge in [0.1, 0.15) is 11.2 Å². The Bertz CT molecular complexity index is 3890. The summed E-state index contributed by atoms with van der Waals surface area (Å²) in [7, 11) is 0. The Hall–Kier alpha value is -8.46. The molecular formula is C64H43NO. The predicted molar refractivity (Wildman–Crippen MR) is 278 cm³/mol. The molecule has 10 aromatic carbocycles. The van der Waals surface area contributed by atoms with Crippen LogP contribution in [-0.4, -0.2) is 0 Å². The molecule has 0 spiro atoms. The first-order valence-electron chi connectivity index (χ1n) is 22.9. The van der Waals surface area contributed by atoms with Gasteiger partial charge in [0, 0.05) is 33.6 Å². The molecule has 66 heavy (non-hydrogen) atoms. The fourth-order valence-electron chi connectivity index (χ4n) is 10.6. The van der Waals surface area contributed by atoms with E-state index in [0.29, 0.717) is 5.92 Å². The molecule has 0 amide bonds. The topological polar surface area (TPSA) is 16.4 Å². The van der Waals surface area contributed by atoms with Crippen LogP contribution in [0.4, 0.5) is 17.1 Å². The molecule has 0 saturated carbocycles. The normalized spacial score (nSPS) is 14.3. The van der Waals surface area contributed by atoms with Crippen LogP contribution in [0.3, 0.4) is 0 Å². The molecule has 0 radical (unpaired) electrons. The highest BCUT2D eigenvalue weighted by molar-refractivity contribution is 6.14. The second kappa shape index (κ2) is 15.7. The van der Waals surface area contributed by atoms with E-state index >= 15 is 0 Å². The van der Waals surface area contributed by atoms with Crippen LogP contribution in [0.1, 0.15) is 12.0 Å². The average Bonchev–Trinajstić information content (AvgIpc) is 3.77. The quantitative estimate of drug-likeness (QED) is 0.149. The van der Waals surface area contributed by atoms with E-state index in [1.807, 2.05) is 12.1 Å². The van der Waals surface area contributed by atoms with Gasteiger partial charge in [0.2, 0.25) is 0 Å². The highest BCUT2D eigenvalue weighted by Crippen LogP contribution is 2.46. The maximum Gasteiger partial charge on any atom is 0.135 e. The lowest BCUT2D eigenvalue weighted by molar-refractivity contribution is 0.669. The summed E-state index contributed by atoms with van der Waals surface area (Å²) in [5.74, 6) is 0.366. The van der Waals surface area contributed by atoms with Crippen molar-refractivity contribution in [2.45, 2.75) is 6.42 Å². The lowest BCUT2D eigenvalue weighted by Crippen LogP contribution is -2.35. The fourth-order valence-corrected chi connectivity index (χ4v) is 10.6. The minimum Gasteiger partial charge on any atom is -0.456 e. The van der Waals surface area contributed by atoms with Crippen molar-refractivity contribution in [3.8, 4) is 33.4 Å². The van der Waals surface area contributed by atoms with Gasteiger partial charge in [-0.05, 0) is 138 Å². The molecule has 2 aliphatic carbocycles. The number of furan rings is 1. The Morgan fingerprint density at radius 1 is 0.394 bits per heavy atom. The van der Waals surface area contributed by atoms with E-state index < -0.39 is 0 Å². The lowest BCUT2D eigenvalue weighted by Gasteiger charge is -2.29. The van der Waals surface area contributed by atoms with Crippen LogP contribution >= 0.6 is 0 Å². The molecule has 1 unspecified atom stereocenters. The van der Waals surface area contributed by atoms with Crippen molar-refractivity contribution in [2.75, 3.05) is 4.90 Å². The lowest BCUT2D eigenvalue weighted by atomic mass is 9.80. The number of benzene rings is 10. The van der Waals surface area contributed by atoms with Gasteiger partial charge in [-0.3, -0.25) is 0 Å². The molecule has 0 N–H and O–H groups in total. The van der Waals surface area contributed by atoms with Gasteiger partial charge in [-0.1, -0.05) is 188 Å². The van der Waals surface area contributed by atoms with Crippen LogP contribution < -0.4 is 15.3 Å². The second-order valence-corrected chi connectivity index (χ2v) is 17.6. The average molecular weight is 842 g/mol. The smallest absolute Gasteiger partial charge is 0.135 e. The first-order valence-corrected chi connectivity index (χ1v) is 22.9. The third kappa shape index (κ3) is 6.41. The summed E-state index contributed by atoms with van der Waals surface area (Å²) < 4.78 is 6.20. The van der Waals surface area contributed by atoms with Gasteiger partial charge < -0.3 is 9.32 Å². The molecule has 2 nitrogen and oxygen atoms in total. The van der Waals surface area contributed by atoms with E-state index in [0.717, 1.165) is 67.7 Å². The van der Waals surface area contributed by atoms with Crippen LogP contribution in [0.5, 0.6) is 0 Å². The van der Waals surface area contributed by atoms with E-state index in [1.54, 1.807) is 0 Å². The van der Waals surface area contributed by atoms with Crippen molar-refractivity contribution in [1.82, 2.24) is 0 Å². The van der Waals surface area contributed by atoms with Gasteiger partial charge in [0.15, 0.2) is 0 Å². The Kier molecular flexibility index (Phi) is 9.02. The molecule has 1 atom stereocenters. The summed E-state index contributed by atoms with van der Waals surface area (Å²) in [5.41, 5.74) is 16.1. The Balaban J connectivity index is 1.00. The monoisotopic (exact) mass is 841 g/mol. The van der Waals surface area contributed by atoms with Crippen molar-refractivity contribution >= 4 is 71.7 Å². The summed E-state index contributed by atoms with van der Waals surface area (Å²) in [6.45, 7) is 0.